The number of rotatable bonds is 7. The average molecular weight is 722 g/mol. The second-order valence-corrected chi connectivity index (χ2v) is 16.2. The molecule has 5 nitrogen and oxygen atoms in total. The molecule has 0 spiro atoms. The highest BCUT2D eigenvalue weighted by Gasteiger charge is 2.51. The van der Waals surface area contributed by atoms with Crippen molar-refractivity contribution in [2.24, 2.45) is 17.8 Å². The van der Waals surface area contributed by atoms with Gasteiger partial charge in [-0.25, -0.2) is 15.0 Å². The molecule has 0 N–H and O–H groups in total. The lowest BCUT2D eigenvalue weighted by Gasteiger charge is -2.57. The van der Waals surface area contributed by atoms with Gasteiger partial charge >= 0.3 is 0 Å². The molecule has 4 aliphatic carbocycles. The molecule has 0 aliphatic heterocycles. The second-order valence-electron chi connectivity index (χ2n) is 16.2. The van der Waals surface area contributed by atoms with Gasteiger partial charge in [0.25, 0.3) is 0 Å². The van der Waals surface area contributed by atoms with Gasteiger partial charge in [0.05, 0.1) is 23.3 Å². The van der Waals surface area contributed by atoms with Gasteiger partial charge in [-0.1, -0.05) is 97.1 Å². The highest BCUT2D eigenvalue weighted by molar-refractivity contribution is 5.82. The van der Waals surface area contributed by atoms with Crippen LogP contribution in [0.3, 0.4) is 0 Å². The molecule has 0 radical (unpaired) electrons. The molecule has 268 valence electrons. The van der Waals surface area contributed by atoms with Crippen LogP contribution in [-0.4, -0.2) is 15.0 Å². The van der Waals surface area contributed by atoms with Crippen LogP contribution in [0.25, 0.3) is 67.5 Å². The van der Waals surface area contributed by atoms with E-state index in [1.165, 1.54) is 44.1 Å². The molecule has 56 heavy (non-hydrogen) atoms. The molecule has 11 rings (SSSR count). The van der Waals surface area contributed by atoms with E-state index in [1.807, 2.05) is 30.3 Å². The summed E-state index contributed by atoms with van der Waals surface area (Å²) in [6.45, 7) is 0. The summed E-state index contributed by atoms with van der Waals surface area (Å²) in [5.74, 6) is 4.12. The number of nitriles is 2. The van der Waals surface area contributed by atoms with Crippen molar-refractivity contribution in [3.8, 4) is 79.7 Å². The van der Waals surface area contributed by atoms with E-state index in [1.54, 1.807) is 24.3 Å². The minimum absolute atomic E-state index is 0.335. The molecule has 0 atom stereocenters. The molecule has 4 saturated carbocycles. The smallest absolute Gasteiger partial charge is 0.164 e. The third-order valence-corrected chi connectivity index (χ3v) is 12.5. The van der Waals surface area contributed by atoms with Crippen molar-refractivity contribution in [2.45, 2.75) is 43.9 Å². The van der Waals surface area contributed by atoms with Crippen molar-refractivity contribution in [3.05, 3.63) is 162 Å². The summed E-state index contributed by atoms with van der Waals surface area (Å²) in [6.07, 6.45) is 8.34. The number of hydrogen-bond donors (Lipinski definition) is 0. The Hall–Kier alpha value is -6.69. The molecular formula is C51H39N5. The Morgan fingerprint density at radius 3 is 1.36 bits per heavy atom. The predicted octanol–water partition coefficient (Wildman–Crippen LogP) is 12.1. The van der Waals surface area contributed by atoms with Crippen LogP contribution in [0.4, 0.5) is 0 Å². The zero-order valence-electron chi connectivity index (χ0n) is 31.1. The van der Waals surface area contributed by atoms with Crippen molar-refractivity contribution in [1.82, 2.24) is 15.0 Å². The standard InChI is InChI=1S/C51H39N5/c52-31-33-7-4-13-42(22-33)48-54-49(43-14-5-8-34(23-43)32-53)56-50(55-48)46-26-44(25-45(27-46)41-12-6-11-40(24-41)38-9-2-1-3-10-38)39-15-17-47(18-16-39)51-28-35-19-36(29-51)21-37(20-35)30-51/h1-18,22-27,35-37H,19-21,28-30H2. The van der Waals surface area contributed by atoms with Crippen LogP contribution in [0.15, 0.2) is 146 Å². The molecule has 0 unspecified atom stereocenters. The van der Waals surface area contributed by atoms with E-state index in [2.05, 4.69) is 103 Å². The monoisotopic (exact) mass is 721 g/mol. The van der Waals surface area contributed by atoms with Crippen LogP contribution in [0.5, 0.6) is 0 Å². The van der Waals surface area contributed by atoms with Gasteiger partial charge in [0.15, 0.2) is 17.5 Å². The van der Waals surface area contributed by atoms with E-state index in [9.17, 15) is 10.5 Å². The zero-order valence-corrected chi connectivity index (χ0v) is 31.1. The van der Waals surface area contributed by atoms with Gasteiger partial charge in [-0.2, -0.15) is 10.5 Å². The SMILES string of the molecule is N#Cc1cccc(-c2nc(-c3cccc(C#N)c3)nc(-c3cc(-c4ccc(C56CC7CC(CC(C7)C5)C6)cc4)cc(-c4cccc(-c5ccccc5)c4)c3)n2)c1. The Bertz CT molecular complexity index is 2590. The summed E-state index contributed by atoms with van der Waals surface area (Å²) in [6, 6.07) is 54.4. The van der Waals surface area contributed by atoms with Gasteiger partial charge in [0.1, 0.15) is 0 Å². The average Bonchev–Trinajstić information content (AvgIpc) is 3.26. The number of nitrogens with zero attached hydrogens (tertiary/aromatic N) is 5. The van der Waals surface area contributed by atoms with Crippen LogP contribution in [0, 0.1) is 40.4 Å². The largest absolute Gasteiger partial charge is 0.208 e. The topological polar surface area (TPSA) is 86.2 Å². The van der Waals surface area contributed by atoms with E-state index in [0.717, 1.165) is 67.8 Å². The first kappa shape index (κ1) is 33.8. The summed E-state index contributed by atoms with van der Waals surface area (Å²) >= 11 is 0. The van der Waals surface area contributed by atoms with E-state index in [0.29, 0.717) is 34.0 Å². The molecular weight excluding hydrogens is 683 g/mol. The zero-order chi connectivity index (χ0) is 37.6. The number of aromatic nitrogens is 3. The van der Waals surface area contributed by atoms with E-state index in [-0.39, 0.29) is 0 Å². The first-order valence-electron chi connectivity index (χ1n) is 19.7. The fraction of sp³-hybridized carbons (Fsp3) is 0.196. The Morgan fingerprint density at radius 2 is 0.804 bits per heavy atom. The van der Waals surface area contributed by atoms with Gasteiger partial charge in [0, 0.05) is 16.7 Å². The van der Waals surface area contributed by atoms with Gasteiger partial charge in [0.2, 0.25) is 0 Å². The number of hydrogen-bond acceptors (Lipinski definition) is 5. The normalized spacial score (nSPS) is 20.6. The summed E-state index contributed by atoms with van der Waals surface area (Å²) < 4.78 is 0. The minimum atomic E-state index is 0.335. The van der Waals surface area contributed by atoms with Crippen LogP contribution in [0.2, 0.25) is 0 Å². The Labute approximate surface area is 328 Å². The maximum absolute atomic E-state index is 9.72. The minimum Gasteiger partial charge on any atom is -0.208 e. The molecule has 0 amide bonds. The van der Waals surface area contributed by atoms with Gasteiger partial charge in [-0.15, -0.1) is 0 Å². The van der Waals surface area contributed by atoms with Crippen molar-refractivity contribution in [3.63, 3.8) is 0 Å². The first-order chi connectivity index (χ1) is 27.5. The molecule has 4 aliphatic rings. The third kappa shape index (κ3) is 6.36. The highest BCUT2D eigenvalue weighted by atomic mass is 15.0. The Morgan fingerprint density at radius 1 is 0.393 bits per heavy atom. The first-order valence-corrected chi connectivity index (χ1v) is 19.7. The maximum atomic E-state index is 9.72. The third-order valence-electron chi connectivity index (χ3n) is 12.5. The van der Waals surface area contributed by atoms with Crippen molar-refractivity contribution >= 4 is 0 Å². The molecule has 0 saturated heterocycles. The second kappa shape index (κ2) is 13.9. The molecule has 4 bridgehead atoms. The Balaban J connectivity index is 1.13. The molecule has 7 aromatic rings. The van der Waals surface area contributed by atoms with Crippen molar-refractivity contribution in [2.75, 3.05) is 0 Å². The van der Waals surface area contributed by atoms with E-state index < -0.39 is 0 Å². The molecule has 4 fully saturated rings. The van der Waals surface area contributed by atoms with E-state index >= 15 is 0 Å². The van der Waals surface area contributed by atoms with Crippen molar-refractivity contribution < 1.29 is 0 Å². The molecule has 1 aromatic heterocycles. The van der Waals surface area contributed by atoms with Crippen LogP contribution >= 0.6 is 0 Å². The molecule has 5 heteroatoms. The predicted molar refractivity (Wildman–Crippen MR) is 222 cm³/mol. The summed E-state index contributed by atoms with van der Waals surface area (Å²) in [5.41, 5.74) is 11.9. The number of benzene rings is 6. The highest BCUT2D eigenvalue weighted by Crippen LogP contribution is 2.60. The molecule has 1 heterocycles. The van der Waals surface area contributed by atoms with Gasteiger partial charge in [-0.3, -0.25) is 0 Å². The fourth-order valence-electron chi connectivity index (χ4n) is 10.3. The van der Waals surface area contributed by atoms with Crippen molar-refractivity contribution in [1.29, 1.82) is 10.5 Å². The maximum Gasteiger partial charge on any atom is 0.164 e. The lowest BCUT2D eigenvalue weighted by Crippen LogP contribution is -2.48. The van der Waals surface area contributed by atoms with Crippen LogP contribution in [-0.2, 0) is 5.41 Å². The summed E-state index contributed by atoms with van der Waals surface area (Å²) in [5, 5.41) is 19.4. The quantitative estimate of drug-likeness (QED) is 0.164. The van der Waals surface area contributed by atoms with Gasteiger partial charge < -0.3 is 0 Å². The van der Waals surface area contributed by atoms with Gasteiger partial charge in [-0.05, 0) is 149 Å². The lowest BCUT2D eigenvalue weighted by atomic mass is 9.48. The van der Waals surface area contributed by atoms with E-state index in [4.69, 9.17) is 15.0 Å². The van der Waals surface area contributed by atoms with Crippen LogP contribution in [0.1, 0.15) is 55.2 Å². The summed E-state index contributed by atoms with van der Waals surface area (Å²) in [4.78, 5) is 15.1. The van der Waals surface area contributed by atoms with Crippen LogP contribution < -0.4 is 0 Å². The summed E-state index contributed by atoms with van der Waals surface area (Å²) in [7, 11) is 0. The molecule has 6 aromatic carbocycles. The Kier molecular flexibility index (Phi) is 8.38. The fourth-order valence-corrected chi connectivity index (χ4v) is 10.3. The lowest BCUT2D eigenvalue weighted by molar-refractivity contribution is -0.00518.